The summed E-state index contributed by atoms with van der Waals surface area (Å²) in [6.45, 7) is 8.79. The molecule has 0 saturated heterocycles. The van der Waals surface area contributed by atoms with Gasteiger partial charge in [0.05, 0.1) is 5.57 Å². The first-order valence-electron chi connectivity index (χ1n) is 9.29. The molecule has 0 radical (unpaired) electrons. The highest BCUT2D eigenvalue weighted by molar-refractivity contribution is 7.90. The SMILES string of the molecule is CC(C)CC(c1ccc(OC(=O)C2=C(S(=O)(=O)O)C=CCC2)cc1)C(C)C. The third-order valence-electron chi connectivity index (χ3n) is 4.70. The van der Waals surface area contributed by atoms with Gasteiger partial charge in [-0.1, -0.05) is 45.9 Å². The van der Waals surface area contributed by atoms with Gasteiger partial charge in [-0.15, -0.1) is 0 Å². The molecular formula is C21H28O5S. The fraction of sp³-hybridized carbons (Fsp3) is 0.476. The number of ether oxygens (including phenoxy) is 1. The van der Waals surface area contributed by atoms with Crippen LogP contribution >= 0.6 is 0 Å². The van der Waals surface area contributed by atoms with Crippen LogP contribution in [0.4, 0.5) is 0 Å². The Kier molecular flexibility index (Phi) is 7.00. The summed E-state index contributed by atoms with van der Waals surface area (Å²) in [4.78, 5) is 12.0. The molecule has 0 fully saturated rings. The Morgan fingerprint density at radius 1 is 1.15 bits per heavy atom. The van der Waals surface area contributed by atoms with Crippen LogP contribution in [0.2, 0.25) is 0 Å². The zero-order chi connectivity index (χ0) is 20.2. The van der Waals surface area contributed by atoms with Crippen LogP contribution in [0.15, 0.2) is 46.9 Å². The standard InChI is InChI=1S/C21H28O5S/c1-14(2)13-19(15(3)4)16-9-11-17(12-10-16)26-21(22)18-7-5-6-8-20(18)27(23,24)25/h6,8-12,14-15,19H,5,7,13H2,1-4H3,(H,23,24,25). The van der Waals surface area contributed by atoms with Crippen LogP contribution in [-0.4, -0.2) is 18.9 Å². The zero-order valence-corrected chi connectivity index (χ0v) is 17.1. The third-order valence-corrected chi connectivity index (χ3v) is 5.64. The van der Waals surface area contributed by atoms with Gasteiger partial charge >= 0.3 is 5.97 Å². The van der Waals surface area contributed by atoms with Crippen molar-refractivity contribution in [2.45, 2.75) is 52.9 Å². The summed E-state index contributed by atoms with van der Waals surface area (Å²) in [5.74, 6) is 1.11. The van der Waals surface area contributed by atoms with E-state index in [0.717, 1.165) is 6.42 Å². The third kappa shape index (κ3) is 5.78. The van der Waals surface area contributed by atoms with Gasteiger partial charge in [-0.2, -0.15) is 8.42 Å². The molecule has 6 heteroatoms. The highest BCUT2D eigenvalue weighted by Gasteiger charge is 2.26. The fourth-order valence-corrected chi connectivity index (χ4v) is 4.10. The van der Waals surface area contributed by atoms with E-state index in [4.69, 9.17) is 4.74 Å². The van der Waals surface area contributed by atoms with E-state index in [0.29, 0.717) is 29.9 Å². The quantitative estimate of drug-likeness (QED) is 0.407. The van der Waals surface area contributed by atoms with E-state index in [1.54, 1.807) is 18.2 Å². The highest BCUT2D eigenvalue weighted by Crippen LogP contribution is 2.32. The van der Waals surface area contributed by atoms with Gasteiger partial charge in [0.2, 0.25) is 0 Å². The summed E-state index contributed by atoms with van der Waals surface area (Å²) in [6.07, 6.45) is 4.67. The lowest BCUT2D eigenvalue weighted by Crippen LogP contribution is -2.18. The fourth-order valence-electron chi connectivity index (χ4n) is 3.34. The maximum atomic E-state index is 12.4. The first-order valence-corrected chi connectivity index (χ1v) is 10.7. The van der Waals surface area contributed by atoms with Crippen LogP contribution in [0.1, 0.15) is 58.4 Å². The molecule has 0 amide bonds. The summed E-state index contributed by atoms with van der Waals surface area (Å²) in [7, 11) is -4.46. The van der Waals surface area contributed by atoms with Gasteiger partial charge in [0, 0.05) is 0 Å². The molecule has 0 aromatic heterocycles. The van der Waals surface area contributed by atoms with Crippen molar-refractivity contribution >= 4 is 16.1 Å². The minimum Gasteiger partial charge on any atom is -0.423 e. The molecule has 27 heavy (non-hydrogen) atoms. The van der Waals surface area contributed by atoms with Gasteiger partial charge in [-0.05, 0) is 60.8 Å². The largest absolute Gasteiger partial charge is 0.423 e. The molecule has 1 aromatic carbocycles. The molecule has 1 aliphatic carbocycles. The maximum Gasteiger partial charge on any atom is 0.340 e. The molecule has 0 saturated carbocycles. The number of allylic oxidation sites excluding steroid dienone is 2. The predicted octanol–water partition coefficient (Wildman–Crippen LogP) is 4.87. The van der Waals surface area contributed by atoms with E-state index in [-0.39, 0.29) is 16.9 Å². The van der Waals surface area contributed by atoms with Gasteiger partial charge in [0.15, 0.2) is 0 Å². The average Bonchev–Trinajstić information content (AvgIpc) is 2.59. The monoisotopic (exact) mass is 392 g/mol. The molecule has 1 aliphatic rings. The minimum atomic E-state index is -4.46. The van der Waals surface area contributed by atoms with E-state index in [1.165, 1.54) is 11.6 Å². The number of carbonyl (C=O) groups excluding carboxylic acids is 1. The van der Waals surface area contributed by atoms with Crippen LogP contribution < -0.4 is 4.74 Å². The van der Waals surface area contributed by atoms with E-state index in [2.05, 4.69) is 27.7 Å². The summed E-state index contributed by atoms with van der Waals surface area (Å²) in [5.41, 5.74) is 1.17. The topological polar surface area (TPSA) is 80.7 Å². The van der Waals surface area contributed by atoms with Gasteiger partial charge in [-0.3, -0.25) is 4.55 Å². The van der Waals surface area contributed by atoms with E-state index >= 15 is 0 Å². The smallest absolute Gasteiger partial charge is 0.340 e. The number of rotatable bonds is 7. The van der Waals surface area contributed by atoms with Crippen molar-refractivity contribution in [3.8, 4) is 5.75 Å². The lowest BCUT2D eigenvalue weighted by molar-refractivity contribution is -0.130. The van der Waals surface area contributed by atoms with Crippen molar-refractivity contribution < 1.29 is 22.5 Å². The lowest BCUT2D eigenvalue weighted by atomic mass is 9.82. The summed E-state index contributed by atoms with van der Waals surface area (Å²) in [6, 6.07) is 7.37. The van der Waals surface area contributed by atoms with E-state index < -0.39 is 16.1 Å². The second kappa shape index (κ2) is 8.85. The maximum absolute atomic E-state index is 12.4. The lowest BCUT2D eigenvalue weighted by Gasteiger charge is -2.23. The predicted molar refractivity (Wildman–Crippen MR) is 106 cm³/mol. The summed E-state index contributed by atoms with van der Waals surface area (Å²) < 4.78 is 37.6. The van der Waals surface area contributed by atoms with E-state index in [1.807, 2.05) is 12.1 Å². The molecule has 5 nitrogen and oxygen atoms in total. The second-order valence-corrected chi connectivity index (χ2v) is 9.09. The van der Waals surface area contributed by atoms with Crippen molar-refractivity contribution in [1.82, 2.24) is 0 Å². The number of benzene rings is 1. The molecule has 0 bridgehead atoms. The van der Waals surface area contributed by atoms with Gasteiger partial charge in [0.25, 0.3) is 10.1 Å². The Bertz CT molecular complexity index is 830. The van der Waals surface area contributed by atoms with Crippen molar-refractivity contribution in [3.05, 3.63) is 52.5 Å². The normalized spacial score (nSPS) is 16.1. The van der Waals surface area contributed by atoms with Gasteiger partial charge in [0.1, 0.15) is 10.7 Å². The molecule has 1 N–H and O–H groups in total. The van der Waals surface area contributed by atoms with Crippen LogP contribution in [0.5, 0.6) is 5.75 Å². The summed E-state index contributed by atoms with van der Waals surface area (Å²) >= 11 is 0. The van der Waals surface area contributed by atoms with E-state index in [9.17, 15) is 17.8 Å². The number of hydrogen-bond acceptors (Lipinski definition) is 4. The molecule has 0 heterocycles. The first kappa shape index (κ1) is 21.4. The minimum absolute atomic E-state index is 0.0241. The molecule has 0 spiro atoms. The van der Waals surface area contributed by atoms with Crippen molar-refractivity contribution in [2.75, 3.05) is 0 Å². The van der Waals surface area contributed by atoms with Crippen molar-refractivity contribution in [2.24, 2.45) is 11.8 Å². The van der Waals surface area contributed by atoms with Gasteiger partial charge < -0.3 is 4.74 Å². The Balaban J connectivity index is 2.20. The average molecular weight is 393 g/mol. The van der Waals surface area contributed by atoms with Crippen molar-refractivity contribution in [1.29, 1.82) is 0 Å². The molecule has 148 valence electrons. The summed E-state index contributed by atoms with van der Waals surface area (Å²) in [5, 5.41) is 0. The van der Waals surface area contributed by atoms with Crippen LogP contribution in [-0.2, 0) is 14.9 Å². The Morgan fingerprint density at radius 2 is 1.78 bits per heavy atom. The first-order chi connectivity index (χ1) is 12.6. The molecule has 2 rings (SSSR count). The molecule has 0 aliphatic heterocycles. The number of hydrogen-bond donors (Lipinski definition) is 1. The Hall–Kier alpha value is -1.92. The van der Waals surface area contributed by atoms with Crippen LogP contribution in [0.25, 0.3) is 0 Å². The number of carbonyl (C=O) groups is 1. The molecule has 1 unspecified atom stereocenters. The highest BCUT2D eigenvalue weighted by atomic mass is 32.2. The molecule has 1 atom stereocenters. The Morgan fingerprint density at radius 3 is 2.30 bits per heavy atom. The van der Waals surface area contributed by atoms with Crippen molar-refractivity contribution in [3.63, 3.8) is 0 Å². The zero-order valence-electron chi connectivity index (χ0n) is 16.3. The molecule has 1 aromatic rings. The van der Waals surface area contributed by atoms with Gasteiger partial charge in [-0.25, -0.2) is 4.79 Å². The van der Waals surface area contributed by atoms with Crippen LogP contribution in [0.3, 0.4) is 0 Å². The van der Waals surface area contributed by atoms with Crippen LogP contribution in [0, 0.1) is 11.8 Å². The second-order valence-electron chi connectivity index (χ2n) is 7.70. The Labute approximate surface area is 161 Å². The number of esters is 1. The molecular weight excluding hydrogens is 364 g/mol.